The number of rotatable bonds is 10. The van der Waals surface area contributed by atoms with Crippen molar-refractivity contribution in [3.05, 3.63) is 83.9 Å². The van der Waals surface area contributed by atoms with Crippen LogP contribution in [0.1, 0.15) is 53.0 Å². The van der Waals surface area contributed by atoms with Gasteiger partial charge in [0, 0.05) is 67.5 Å². The molecule has 0 aliphatic carbocycles. The Morgan fingerprint density at radius 3 is 1.88 bits per heavy atom. The molecule has 2 heterocycles. The third-order valence-electron chi connectivity index (χ3n) is 7.22. The van der Waals surface area contributed by atoms with Crippen LogP contribution < -0.4 is 14.8 Å². The van der Waals surface area contributed by atoms with Crippen LogP contribution in [0.15, 0.2) is 67.3 Å². The number of piperidine rings is 1. The fraction of sp³-hybridized carbons (Fsp3) is 0.406. The van der Waals surface area contributed by atoms with Crippen molar-refractivity contribution in [3.63, 3.8) is 0 Å². The molecule has 10 heteroatoms. The number of amides is 1. The molecule has 0 saturated carbocycles. The Bertz CT molecular complexity index is 1320. The number of hydrogen-bond acceptors (Lipinski definition) is 9. The van der Waals surface area contributed by atoms with E-state index in [1.807, 2.05) is 4.90 Å². The summed E-state index contributed by atoms with van der Waals surface area (Å²) in [6.45, 7) is 6.84. The van der Waals surface area contributed by atoms with Crippen molar-refractivity contribution in [1.82, 2.24) is 20.2 Å². The minimum absolute atomic E-state index is 0.115. The zero-order valence-electron chi connectivity index (χ0n) is 24.7. The standard InChI is InChI=1S/C32H38N4O6/c1-32(2,3)42-31(39)35-12-13-36-18-26(29(37)21-8-6-10-24(14-21)40-4)28(23-16-33-20-34-17-23)27(19-36)30(38)22-9-7-11-25(15-22)41-5/h6-11,14-17,20,26-28H,12-13,18-19H2,1-5H3,(H,35,39)/t26-,27+,28-. The van der Waals surface area contributed by atoms with E-state index < -0.39 is 29.4 Å². The van der Waals surface area contributed by atoms with Crippen LogP contribution in [0, 0.1) is 11.8 Å². The van der Waals surface area contributed by atoms with Crippen molar-refractivity contribution in [3.8, 4) is 11.5 Å². The summed E-state index contributed by atoms with van der Waals surface area (Å²) < 4.78 is 16.1. The first-order valence-electron chi connectivity index (χ1n) is 13.9. The molecule has 3 aromatic rings. The minimum Gasteiger partial charge on any atom is -0.497 e. The Morgan fingerprint density at radius 2 is 1.40 bits per heavy atom. The van der Waals surface area contributed by atoms with Gasteiger partial charge < -0.3 is 24.4 Å². The topological polar surface area (TPSA) is 120 Å². The van der Waals surface area contributed by atoms with E-state index in [4.69, 9.17) is 14.2 Å². The van der Waals surface area contributed by atoms with E-state index in [1.165, 1.54) is 6.33 Å². The summed E-state index contributed by atoms with van der Waals surface area (Å²) in [4.78, 5) is 51.1. The highest BCUT2D eigenvalue weighted by atomic mass is 16.6. The van der Waals surface area contributed by atoms with Gasteiger partial charge in [0.25, 0.3) is 0 Å². The number of likely N-dealkylation sites (tertiary alicyclic amines) is 1. The number of methoxy groups -OCH3 is 2. The number of ether oxygens (including phenoxy) is 3. The predicted octanol–water partition coefficient (Wildman–Crippen LogP) is 4.42. The van der Waals surface area contributed by atoms with Gasteiger partial charge in [-0.05, 0) is 50.6 Å². The van der Waals surface area contributed by atoms with Crippen molar-refractivity contribution in [1.29, 1.82) is 0 Å². The van der Waals surface area contributed by atoms with Crippen LogP contribution in [0.25, 0.3) is 0 Å². The maximum atomic E-state index is 14.2. The highest BCUT2D eigenvalue weighted by molar-refractivity contribution is 6.02. The van der Waals surface area contributed by atoms with Crippen molar-refractivity contribution in [2.45, 2.75) is 32.3 Å². The van der Waals surface area contributed by atoms with Gasteiger partial charge in [0.2, 0.25) is 0 Å². The predicted molar refractivity (Wildman–Crippen MR) is 157 cm³/mol. The second kappa shape index (κ2) is 13.6. The number of nitrogens with one attached hydrogen (secondary N) is 1. The Hall–Kier alpha value is -4.31. The van der Waals surface area contributed by atoms with Gasteiger partial charge >= 0.3 is 6.09 Å². The first kappa shape index (κ1) is 30.6. The lowest BCUT2D eigenvalue weighted by Gasteiger charge is -2.43. The summed E-state index contributed by atoms with van der Waals surface area (Å²) in [5.74, 6) is -0.779. The Morgan fingerprint density at radius 1 is 0.881 bits per heavy atom. The van der Waals surface area contributed by atoms with Gasteiger partial charge in [0.1, 0.15) is 23.4 Å². The van der Waals surface area contributed by atoms with Crippen LogP contribution in [0.5, 0.6) is 11.5 Å². The molecule has 42 heavy (non-hydrogen) atoms. The summed E-state index contributed by atoms with van der Waals surface area (Å²) in [6, 6.07) is 14.0. The normalized spacial score (nSPS) is 19.0. The Labute approximate surface area is 246 Å². The number of hydrogen-bond donors (Lipinski definition) is 1. The van der Waals surface area contributed by atoms with Crippen LogP contribution in [0.4, 0.5) is 4.79 Å². The molecule has 0 radical (unpaired) electrons. The number of carbonyl (C=O) groups excluding carboxylic acids is 3. The zero-order valence-corrected chi connectivity index (χ0v) is 24.7. The van der Waals surface area contributed by atoms with E-state index in [9.17, 15) is 14.4 Å². The maximum Gasteiger partial charge on any atom is 0.407 e. The van der Waals surface area contributed by atoms with E-state index in [1.54, 1.807) is 95.9 Å². The van der Waals surface area contributed by atoms with Crippen molar-refractivity contribution < 1.29 is 28.6 Å². The summed E-state index contributed by atoms with van der Waals surface area (Å²) in [5.41, 5.74) is 1.07. The molecule has 0 bridgehead atoms. The number of aromatic nitrogens is 2. The first-order valence-corrected chi connectivity index (χ1v) is 13.9. The molecule has 1 amide bonds. The maximum absolute atomic E-state index is 14.2. The molecule has 0 spiro atoms. The van der Waals surface area contributed by atoms with Gasteiger partial charge in [-0.1, -0.05) is 24.3 Å². The fourth-order valence-corrected chi connectivity index (χ4v) is 5.37. The van der Waals surface area contributed by atoms with E-state index in [2.05, 4.69) is 15.3 Å². The van der Waals surface area contributed by atoms with Gasteiger partial charge in [0.15, 0.2) is 11.6 Å². The monoisotopic (exact) mass is 574 g/mol. The zero-order chi connectivity index (χ0) is 30.3. The molecule has 1 saturated heterocycles. The largest absolute Gasteiger partial charge is 0.497 e. The van der Waals surface area contributed by atoms with E-state index in [-0.39, 0.29) is 18.1 Å². The van der Waals surface area contributed by atoms with Crippen LogP contribution in [-0.4, -0.2) is 78.5 Å². The number of benzene rings is 2. The second-order valence-corrected chi connectivity index (χ2v) is 11.3. The van der Waals surface area contributed by atoms with E-state index in [0.29, 0.717) is 47.8 Å². The lowest BCUT2D eigenvalue weighted by molar-refractivity contribution is 0.0478. The smallest absolute Gasteiger partial charge is 0.407 e. The molecule has 0 unspecified atom stereocenters. The van der Waals surface area contributed by atoms with Crippen molar-refractivity contribution in [2.24, 2.45) is 11.8 Å². The summed E-state index contributed by atoms with van der Waals surface area (Å²) in [7, 11) is 3.10. The molecular formula is C32H38N4O6. The summed E-state index contributed by atoms with van der Waals surface area (Å²) >= 11 is 0. The Balaban J connectivity index is 1.70. The summed E-state index contributed by atoms with van der Waals surface area (Å²) in [5, 5.41) is 2.79. The van der Waals surface area contributed by atoms with Crippen LogP contribution in [0.3, 0.4) is 0 Å². The third-order valence-corrected chi connectivity index (χ3v) is 7.22. The number of carbonyl (C=O) groups is 3. The van der Waals surface area contributed by atoms with Gasteiger partial charge in [0.05, 0.1) is 14.2 Å². The quantitative estimate of drug-likeness (QED) is 0.351. The van der Waals surface area contributed by atoms with Gasteiger partial charge in [-0.25, -0.2) is 14.8 Å². The molecule has 1 aliphatic rings. The van der Waals surface area contributed by atoms with E-state index in [0.717, 1.165) is 0 Å². The molecular weight excluding hydrogens is 536 g/mol. The fourth-order valence-electron chi connectivity index (χ4n) is 5.37. The molecule has 1 N–H and O–H groups in total. The van der Waals surface area contributed by atoms with Crippen molar-refractivity contribution >= 4 is 17.7 Å². The molecule has 1 aromatic heterocycles. The highest BCUT2D eigenvalue weighted by Crippen LogP contribution is 2.40. The number of Topliss-reactive ketones (excluding diaryl/α,β-unsaturated/α-hetero) is 2. The lowest BCUT2D eigenvalue weighted by atomic mass is 9.69. The van der Waals surface area contributed by atoms with E-state index >= 15 is 0 Å². The number of nitrogens with zero attached hydrogens (tertiary/aromatic N) is 3. The SMILES string of the molecule is COc1cccc(C(=O)[C@H]2CN(CCNC(=O)OC(C)(C)C)C[C@@H](C(=O)c3cccc(OC)c3)[C@H]2c2cncnc2)c1. The van der Waals surface area contributed by atoms with Gasteiger partial charge in [-0.15, -0.1) is 0 Å². The molecule has 10 nitrogen and oxygen atoms in total. The Kier molecular flexibility index (Phi) is 9.90. The molecule has 2 aromatic carbocycles. The average Bonchev–Trinajstić information content (AvgIpc) is 2.99. The number of ketones is 2. The molecule has 4 rings (SSSR count). The molecule has 3 atom stereocenters. The van der Waals surface area contributed by atoms with Crippen LogP contribution in [-0.2, 0) is 4.74 Å². The minimum atomic E-state index is -0.622. The first-order chi connectivity index (χ1) is 20.1. The second-order valence-electron chi connectivity index (χ2n) is 11.3. The molecule has 1 fully saturated rings. The van der Waals surface area contributed by atoms with Gasteiger partial charge in [-0.3, -0.25) is 9.59 Å². The van der Waals surface area contributed by atoms with Crippen molar-refractivity contribution in [2.75, 3.05) is 40.4 Å². The highest BCUT2D eigenvalue weighted by Gasteiger charge is 2.45. The summed E-state index contributed by atoms with van der Waals surface area (Å²) in [6.07, 6.45) is 4.26. The van der Waals surface area contributed by atoms with Crippen LogP contribution in [0.2, 0.25) is 0 Å². The number of alkyl carbamates (subject to hydrolysis) is 1. The molecule has 1 aliphatic heterocycles. The lowest BCUT2D eigenvalue weighted by Crippen LogP contribution is -2.52. The van der Waals surface area contributed by atoms with Crippen LogP contribution >= 0.6 is 0 Å². The van der Waals surface area contributed by atoms with Gasteiger partial charge in [-0.2, -0.15) is 0 Å². The third kappa shape index (κ3) is 7.70. The average molecular weight is 575 g/mol. The molecule has 222 valence electrons.